The van der Waals surface area contributed by atoms with E-state index in [0.29, 0.717) is 18.8 Å². The third-order valence-corrected chi connectivity index (χ3v) is 4.67. The van der Waals surface area contributed by atoms with Crippen LogP contribution < -0.4 is 11.1 Å². The van der Waals surface area contributed by atoms with Gasteiger partial charge in [0.25, 0.3) is 0 Å². The first-order valence-corrected chi connectivity index (χ1v) is 8.15. The van der Waals surface area contributed by atoms with Gasteiger partial charge in [-0.3, -0.25) is 0 Å². The number of hydrogen-bond acceptors (Lipinski definition) is 5. The van der Waals surface area contributed by atoms with E-state index in [0.717, 1.165) is 24.2 Å². The third-order valence-electron chi connectivity index (χ3n) is 3.36. The molecule has 1 aromatic rings. The highest BCUT2D eigenvalue weighted by Crippen LogP contribution is 2.20. The number of rotatable bonds is 3. The largest absolute Gasteiger partial charge is 0.397 e. The lowest BCUT2D eigenvalue weighted by atomic mass is 10.1. The van der Waals surface area contributed by atoms with E-state index in [1.165, 1.54) is 10.6 Å². The number of nitrogens with two attached hydrogens (primary N) is 1. The van der Waals surface area contributed by atoms with Crippen molar-refractivity contribution in [1.82, 2.24) is 9.29 Å². The van der Waals surface area contributed by atoms with Crippen molar-refractivity contribution in [2.45, 2.75) is 25.8 Å². The van der Waals surface area contributed by atoms with Crippen molar-refractivity contribution in [1.29, 1.82) is 0 Å². The number of anilines is 2. The summed E-state index contributed by atoms with van der Waals surface area (Å²) < 4.78 is 24.4. The molecule has 0 atom stereocenters. The van der Waals surface area contributed by atoms with E-state index < -0.39 is 10.0 Å². The van der Waals surface area contributed by atoms with Crippen LogP contribution in [-0.4, -0.2) is 43.1 Å². The summed E-state index contributed by atoms with van der Waals surface area (Å²) >= 11 is 0. The van der Waals surface area contributed by atoms with E-state index in [1.807, 2.05) is 13.0 Å². The van der Waals surface area contributed by atoms with Gasteiger partial charge in [0.2, 0.25) is 10.0 Å². The van der Waals surface area contributed by atoms with Gasteiger partial charge in [-0.25, -0.2) is 17.7 Å². The highest BCUT2D eigenvalue weighted by atomic mass is 32.2. The summed E-state index contributed by atoms with van der Waals surface area (Å²) in [4.78, 5) is 4.27. The predicted octanol–water partition coefficient (Wildman–Crippen LogP) is 0.808. The smallest absolute Gasteiger partial charge is 0.211 e. The summed E-state index contributed by atoms with van der Waals surface area (Å²) in [7, 11) is -3.06. The van der Waals surface area contributed by atoms with Crippen LogP contribution in [0.15, 0.2) is 12.3 Å². The van der Waals surface area contributed by atoms with Gasteiger partial charge >= 0.3 is 0 Å². The second-order valence-corrected chi connectivity index (χ2v) is 7.00. The average molecular weight is 284 g/mol. The molecule has 2 rings (SSSR count). The van der Waals surface area contributed by atoms with Crippen LogP contribution >= 0.6 is 0 Å². The van der Waals surface area contributed by atoms with Crippen molar-refractivity contribution in [2.75, 3.05) is 30.4 Å². The number of sulfonamides is 1. The number of aromatic nitrogens is 1. The Balaban J connectivity index is 1.96. The molecule has 1 aliphatic rings. The summed E-state index contributed by atoms with van der Waals surface area (Å²) in [6, 6.07) is 2.13. The second-order valence-electron chi connectivity index (χ2n) is 5.01. The molecule has 0 saturated carbocycles. The topological polar surface area (TPSA) is 88.3 Å². The van der Waals surface area contributed by atoms with Crippen molar-refractivity contribution in [2.24, 2.45) is 0 Å². The average Bonchev–Trinajstić information content (AvgIpc) is 2.32. The Hall–Kier alpha value is -1.34. The monoisotopic (exact) mass is 284 g/mol. The molecule has 3 N–H and O–H groups in total. The highest BCUT2D eigenvalue weighted by Gasteiger charge is 2.25. The Labute approximate surface area is 114 Å². The summed E-state index contributed by atoms with van der Waals surface area (Å²) in [5.41, 5.74) is 7.32. The lowest BCUT2D eigenvalue weighted by molar-refractivity contribution is 0.331. The third kappa shape index (κ3) is 3.57. The molecule has 0 unspecified atom stereocenters. The molecule has 0 aliphatic carbocycles. The Morgan fingerprint density at radius 3 is 2.58 bits per heavy atom. The first-order valence-electron chi connectivity index (χ1n) is 6.30. The molecule has 1 aliphatic heterocycles. The maximum Gasteiger partial charge on any atom is 0.211 e. The quantitative estimate of drug-likeness (QED) is 0.857. The summed E-state index contributed by atoms with van der Waals surface area (Å²) in [6.45, 7) is 3.08. The van der Waals surface area contributed by atoms with E-state index in [1.54, 1.807) is 6.20 Å². The SMILES string of the molecule is Cc1cc(N)cnc1NC1CCN(S(C)(=O)=O)CC1. The Bertz CT molecular complexity index is 551. The zero-order valence-electron chi connectivity index (χ0n) is 11.3. The minimum atomic E-state index is -3.06. The van der Waals surface area contributed by atoms with Gasteiger partial charge in [0.05, 0.1) is 18.1 Å². The fourth-order valence-corrected chi connectivity index (χ4v) is 3.15. The van der Waals surface area contributed by atoms with Gasteiger partial charge in [0.15, 0.2) is 0 Å². The van der Waals surface area contributed by atoms with Crippen molar-refractivity contribution in [3.05, 3.63) is 17.8 Å². The number of hydrogen-bond donors (Lipinski definition) is 2. The molecule has 0 amide bonds. The van der Waals surface area contributed by atoms with E-state index in [9.17, 15) is 8.42 Å². The summed E-state index contributed by atoms with van der Waals surface area (Å²) in [6.07, 6.45) is 4.46. The van der Waals surface area contributed by atoms with Crippen LogP contribution in [0.4, 0.5) is 11.5 Å². The molecule has 0 bridgehead atoms. The number of aryl methyl sites for hydroxylation is 1. The fourth-order valence-electron chi connectivity index (χ4n) is 2.27. The van der Waals surface area contributed by atoms with E-state index in [4.69, 9.17) is 5.73 Å². The zero-order valence-corrected chi connectivity index (χ0v) is 12.1. The molecule has 7 heteroatoms. The Morgan fingerprint density at radius 1 is 1.42 bits per heavy atom. The molecule has 1 aromatic heterocycles. The maximum atomic E-state index is 11.4. The molecule has 0 spiro atoms. The molecule has 1 saturated heterocycles. The van der Waals surface area contributed by atoms with Crippen LogP contribution in [0.5, 0.6) is 0 Å². The molecule has 6 nitrogen and oxygen atoms in total. The van der Waals surface area contributed by atoms with E-state index >= 15 is 0 Å². The first kappa shape index (κ1) is 14.1. The lowest BCUT2D eigenvalue weighted by Gasteiger charge is -2.31. The minimum Gasteiger partial charge on any atom is -0.397 e. The van der Waals surface area contributed by atoms with Gasteiger partial charge < -0.3 is 11.1 Å². The molecular weight excluding hydrogens is 264 g/mol. The van der Waals surface area contributed by atoms with Gasteiger partial charge in [-0.15, -0.1) is 0 Å². The van der Waals surface area contributed by atoms with E-state index in [2.05, 4.69) is 10.3 Å². The van der Waals surface area contributed by atoms with Crippen molar-refractivity contribution >= 4 is 21.5 Å². The Morgan fingerprint density at radius 2 is 2.05 bits per heavy atom. The lowest BCUT2D eigenvalue weighted by Crippen LogP contribution is -2.42. The predicted molar refractivity (Wildman–Crippen MR) is 76.4 cm³/mol. The van der Waals surface area contributed by atoms with Gasteiger partial charge in [0, 0.05) is 19.1 Å². The van der Waals surface area contributed by atoms with Crippen LogP contribution in [0.3, 0.4) is 0 Å². The van der Waals surface area contributed by atoms with Gasteiger partial charge in [-0.05, 0) is 31.4 Å². The number of nitrogens with one attached hydrogen (secondary N) is 1. The van der Waals surface area contributed by atoms with Crippen LogP contribution in [-0.2, 0) is 10.0 Å². The molecule has 2 heterocycles. The number of piperidine rings is 1. The van der Waals surface area contributed by atoms with Crippen LogP contribution in [0, 0.1) is 6.92 Å². The van der Waals surface area contributed by atoms with Gasteiger partial charge in [-0.1, -0.05) is 0 Å². The first-order chi connectivity index (χ1) is 8.86. The second kappa shape index (κ2) is 5.34. The zero-order chi connectivity index (χ0) is 14.0. The maximum absolute atomic E-state index is 11.4. The van der Waals surface area contributed by atoms with Crippen LogP contribution in [0.2, 0.25) is 0 Å². The fraction of sp³-hybridized carbons (Fsp3) is 0.583. The van der Waals surface area contributed by atoms with Crippen molar-refractivity contribution < 1.29 is 8.42 Å². The summed E-state index contributed by atoms with van der Waals surface area (Å²) in [5, 5.41) is 3.36. The Kier molecular flexibility index (Phi) is 3.96. The van der Waals surface area contributed by atoms with Crippen LogP contribution in [0.25, 0.3) is 0 Å². The minimum absolute atomic E-state index is 0.257. The molecule has 0 radical (unpaired) electrons. The van der Waals surface area contributed by atoms with Gasteiger partial charge in [0.1, 0.15) is 5.82 Å². The van der Waals surface area contributed by atoms with Crippen LogP contribution in [0.1, 0.15) is 18.4 Å². The van der Waals surface area contributed by atoms with E-state index in [-0.39, 0.29) is 6.04 Å². The molecular formula is C12H20N4O2S. The molecule has 0 aromatic carbocycles. The number of nitrogens with zero attached hydrogens (tertiary/aromatic N) is 2. The van der Waals surface area contributed by atoms with Crippen molar-refractivity contribution in [3.8, 4) is 0 Å². The normalized spacial score (nSPS) is 18.4. The molecule has 1 fully saturated rings. The molecule has 106 valence electrons. The van der Waals surface area contributed by atoms with Crippen molar-refractivity contribution in [3.63, 3.8) is 0 Å². The number of pyridine rings is 1. The molecule has 19 heavy (non-hydrogen) atoms. The summed E-state index contributed by atoms with van der Waals surface area (Å²) in [5.74, 6) is 0.826. The van der Waals surface area contributed by atoms with Gasteiger partial charge in [-0.2, -0.15) is 0 Å². The highest BCUT2D eigenvalue weighted by molar-refractivity contribution is 7.88. The standard InChI is InChI=1S/C12H20N4O2S/c1-9-7-10(13)8-14-12(9)15-11-3-5-16(6-4-11)19(2,17)18/h7-8,11H,3-6,13H2,1-2H3,(H,14,15). The number of nitrogen functional groups attached to an aromatic ring is 1.